The summed E-state index contributed by atoms with van der Waals surface area (Å²) in [4.78, 5) is 16.4. The van der Waals surface area contributed by atoms with Crippen molar-refractivity contribution in [3.05, 3.63) is 17.5 Å². The van der Waals surface area contributed by atoms with E-state index in [1.165, 1.54) is 5.69 Å². The maximum absolute atomic E-state index is 11.8. The van der Waals surface area contributed by atoms with Crippen molar-refractivity contribution in [3.8, 4) is 0 Å². The van der Waals surface area contributed by atoms with E-state index in [4.69, 9.17) is 0 Å². The second kappa shape index (κ2) is 9.30. The fraction of sp³-hybridized carbons (Fsp3) is 0.706. The van der Waals surface area contributed by atoms with E-state index >= 15 is 0 Å². The molecule has 1 aromatic heterocycles. The summed E-state index contributed by atoms with van der Waals surface area (Å²) in [5, 5.41) is 13.7. The first kappa shape index (κ1) is 20.0. The molecule has 0 atom stereocenters. The van der Waals surface area contributed by atoms with Crippen molar-refractivity contribution in [1.29, 1.82) is 0 Å². The number of aliphatic imine (C=N–C) groups is 1. The standard InChI is InChI=1S/C17H32N6O/c1-7-19-16(21-12-17(4,5)15(24)18-6)20-9-8-10-23-14(3)11-13(2)22-23/h11H,7-10,12H2,1-6H3,(H,18,24)(H2,19,20,21). The van der Waals surface area contributed by atoms with Crippen molar-refractivity contribution in [2.24, 2.45) is 10.4 Å². The molecule has 0 saturated carbocycles. The SMILES string of the molecule is CCNC(=NCC(C)(C)C(=O)NC)NCCCn1nc(C)cc1C. The summed E-state index contributed by atoms with van der Waals surface area (Å²) >= 11 is 0. The van der Waals surface area contributed by atoms with Gasteiger partial charge in [-0.3, -0.25) is 14.5 Å². The summed E-state index contributed by atoms with van der Waals surface area (Å²) in [5.74, 6) is 0.731. The number of nitrogens with one attached hydrogen (secondary N) is 3. The first-order valence-corrected chi connectivity index (χ1v) is 8.55. The predicted octanol–water partition coefficient (Wildman–Crippen LogP) is 1.22. The van der Waals surface area contributed by atoms with Crippen LogP contribution in [0.3, 0.4) is 0 Å². The molecule has 0 fully saturated rings. The molecule has 0 aliphatic carbocycles. The molecule has 1 amide bonds. The van der Waals surface area contributed by atoms with E-state index in [-0.39, 0.29) is 5.91 Å². The monoisotopic (exact) mass is 336 g/mol. The molecular weight excluding hydrogens is 304 g/mol. The van der Waals surface area contributed by atoms with Crippen LogP contribution in [-0.2, 0) is 11.3 Å². The van der Waals surface area contributed by atoms with Crippen LogP contribution in [-0.4, -0.2) is 48.3 Å². The van der Waals surface area contributed by atoms with Crippen LogP contribution >= 0.6 is 0 Å². The number of amides is 1. The van der Waals surface area contributed by atoms with E-state index in [9.17, 15) is 4.79 Å². The van der Waals surface area contributed by atoms with Crippen LogP contribution in [0.2, 0.25) is 0 Å². The quantitative estimate of drug-likeness (QED) is 0.379. The first-order valence-electron chi connectivity index (χ1n) is 8.55. The molecule has 0 bridgehead atoms. The highest BCUT2D eigenvalue weighted by molar-refractivity contribution is 5.83. The molecule has 3 N–H and O–H groups in total. The van der Waals surface area contributed by atoms with Crippen LogP contribution in [0.4, 0.5) is 0 Å². The zero-order valence-corrected chi connectivity index (χ0v) is 15.9. The Morgan fingerprint density at radius 3 is 2.58 bits per heavy atom. The summed E-state index contributed by atoms with van der Waals surface area (Å²) in [6.45, 7) is 12.8. The van der Waals surface area contributed by atoms with E-state index in [1.807, 2.05) is 32.4 Å². The molecule has 1 aromatic rings. The fourth-order valence-corrected chi connectivity index (χ4v) is 2.37. The van der Waals surface area contributed by atoms with Gasteiger partial charge in [0.2, 0.25) is 5.91 Å². The molecule has 1 rings (SSSR count). The summed E-state index contributed by atoms with van der Waals surface area (Å²) < 4.78 is 2.02. The second-order valence-corrected chi connectivity index (χ2v) is 6.59. The molecule has 1 heterocycles. The molecule has 7 heteroatoms. The topological polar surface area (TPSA) is 83.3 Å². The van der Waals surface area contributed by atoms with Gasteiger partial charge in [-0.25, -0.2) is 0 Å². The molecule has 0 radical (unpaired) electrons. The Kier molecular flexibility index (Phi) is 7.74. The number of guanidine groups is 1. The first-order chi connectivity index (χ1) is 11.3. The Morgan fingerprint density at radius 1 is 1.33 bits per heavy atom. The zero-order valence-electron chi connectivity index (χ0n) is 15.9. The Balaban J connectivity index is 2.49. The second-order valence-electron chi connectivity index (χ2n) is 6.59. The number of rotatable bonds is 8. The van der Waals surface area contributed by atoms with Gasteiger partial charge in [-0.15, -0.1) is 0 Å². The lowest BCUT2D eigenvalue weighted by Gasteiger charge is -2.21. The number of hydrogen-bond acceptors (Lipinski definition) is 3. The summed E-state index contributed by atoms with van der Waals surface area (Å²) in [6.07, 6.45) is 0.950. The molecule has 24 heavy (non-hydrogen) atoms. The molecule has 0 aliphatic heterocycles. The lowest BCUT2D eigenvalue weighted by molar-refractivity contribution is -0.128. The van der Waals surface area contributed by atoms with Gasteiger partial charge >= 0.3 is 0 Å². The van der Waals surface area contributed by atoms with Gasteiger partial charge in [-0.1, -0.05) is 0 Å². The van der Waals surface area contributed by atoms with Gasteiger partial charge in [0.25, 0.3) is 0 Å². The summed E-state index contributed by atoms with van der Waals surface area (Å²) in [6, 6.07) is 2.08. The number of carbonyl (C=O) groups is 1. The van der Waals surface area contributed by atoms with Gasteiger partial charge in [0.05, 0.1) is 17.7 Å². The molecule has 0 aromatic carbocycles. The van der Waals surface area contributed by atoms with Gasteiger partial charge in [-0.05, 0) is 47.1 Å². The van der Waals surface area contributed by atoms with Gasteiger partial charge < -0.3 is 16.0 Å². The van der Waals surface area contributed by atoms with Crippen LogP contribution in [0.5, 0.6) is 0 Å². The van der Waals surface area contributed by atoms with Gasteiger partial charge in [0, 0.05) is 32.4 Å². The lowest BCUT2D eigenvalue weighted by atomic mass is 9.93. The van der Waals surface area contributed by atoms with E-state index in [2.05, 4.69) is 39.0 Å². The Morgan fingerprint density at radius 2 is 2.04 bits per heavy atom. The minimum absolute atomic E-state index is 0.00775. The van der Waals surface area contributed by atoms with E-state index < -0.39 is 5.41 Å². The lowest BCUT2D eigenvalue weighted by Crippen LogP contribution is -2.41. The van der Waals surface area contributed by atoms with E-state index in [0.29, 0.717) is 6.54 Å². The van der Waals surface area contributed by atoms with Crippen molar-refractivity contribution in [3.63, 3.8) is 0 Å². The Labute approximate surface area is 145 Å². The van der Waals surface area contributed by atoms with Crippen LogP contribution in [0.1, 0.15) is 38.6 Å². The Hall–Kier alpha value is -2.05. The van der Waals surface area contributed by atoms with E-state index in [1.54, 1.807) is 7.05 Å². The number of carbonyl (C=O) groups excluding carboxylic acids is 1. The van der Waals surface area contributed by atoms with Crippen LogP contribution in [0.25, 0.3) is 0 Å². The molecule has 0 saturated heterocycles. The zero-order chi connectivity index (χ0) is 18.2. The van der Waals surface area contributed by atoms with E-state index in [0.717, 1.165) is 37.7 Å². The predicted molar refractivity (Wildman–Crippen MR) is 98.1 cm³/mol. The Bertz CT molecular complexity index is 561. The third kappa shape index (κ3) is 6.22. The molecular formula is C17H32N6O. The molecule has 0 aliphatic rings. The third-order valence-electron chi connectivity index (χ3n) is 3.76. The molecule has 0 unspecified atom stereocenters. The smallest absolute Gasteiger partial charge is 0.227 e. The summed E-state index contributed by atoms with van der Waals surface area (Å²) in [7, 11) is 1.65. The maximum Gasteiger partial charge on any atom is 0.227 e. The number of aromatic nitrogens is 2. The highest BCUT2D eigenvalue weighted by atomic mass is 16.2. The van der Waals surface area contributed by atoms with Gasteiger partial charge in [-0.2, -0.15) is 5.10 Å². The average molecular weight is 336 g/mol. The van der Waals surface area contributed by atoms with Crippen molar-refractivity contribution >= 4 is 11.9 Å². The highest BCUT2D eigenvalue weighted by Gasteiger charge is 2.26. The van der Waals surface area contributed by atoms with Crippen molar-refractivity contribution in [1.82, 2.24) is 25.7 Å². The average Bonchev–Trinajstić information content (AvgIpc) is 2.85. The van der Waals surface area contributed by atoms with Crippen molar-refractivity contribution in [2.45, 2.75) is 47.6 Å². The van der Waals surface area contributed by atoms with Gasteiger partial charge in [0.15, 0.2) is 5.96 Å². The minimum Gasteiger partial charge on any atom is -0.359 e. The van der Waals surface area contributed by atoms with Crippen LogP contribution in [0.15, 0.2) is 11.1 Å². The number of aryl methyl sites for hydroxylation is 3. The van der Waals surface area contributed by atoms with Crippen LogP contribution in [0, 0.1) is 19.3 Å². The highest BCUT2D eigenvalue weighted by Crippen LogP contribution is 2.15. The molecule has 136 valence electrons. The van der Waals surface area contributed by atoms with Crippen molar-refractivity contribution in [2.75, 3.05) is 26.7 Å². The summed E-state index contributed by atoms with van der Waals surface area (Å²) in [5.41, 5.74) is 1.70. The maximum atomic E-state index is 11.8. The third-order valence-corrected chi connectivity index (χ3v) is 3.76. The fourth-order valence-electron chi connectivity index (χ4n) is 2.37. The normalized spacial score (nSPS) is 12.2. The molecule has 7 nitrogen and oxygen atoms in total. The number of hydrogen-bond donors (Lipinski definition) is 3. The van der Waals surface area contributed by atoms with Crippen LogP contribution < -0.4 is 16.0 Å². The number of nitrogens with zero attached hydrogens (tertiary/aromatic N) is 3. The molecule has 0 spiro atoms. The largest absolute Gasteiger partial charge is 0.359 e. The van der Waals surface area contributed by atoms with Crippen molar-refractivity contribution < 1.29 is 4.79 Å². The minimum atomic E-state index is -0.527. The van der Waals surface area contributed by atoms with Gasteiger partial charge in [0.1, 0.15) is 0 Å².